The van der Waals surface area contributed by atoms with E-state index in [2.05, 4.69) is 73.0 Å². The summed E-state index contributed by atoms with van der Waals surface area (Å²) in [6, 6.07) is 21.1. The van der Waals surface area contributed by atoms with Crippen LogP contribution in [0.1, 0.15) is 12.2 Å². The molecule has 0 aliphatic carbocycles. The van der Waals surface area contributed by atoms with Crippen LogP contribution in [-0.2, 0) is 6.54 Å². The number of para-hydroxylation sites is 1. The van der Waals surface area contributed by atoms with Crippen LogP contribution >= 0.6 is 0 Å². The van der Waals surface area contributed by atoms with Gasteiger partial charge in [-0.25, -0.2) is 4.98 Å². The van der Waals surface area contributed by atoms with Crippen molar-refractivity contribution in [1.29, 1.82) is 0 Å². The molecular weight excluding hydrogens is 348 g/mol. The molecule has 1 aliphatic heterocycles. The van der Waals surface area contributed by atoms with Gasteiger partial charge in [0.25, 0.3) is 0 Å². The van der Waals surface area contributed by atoms with Crippen molar-refractivity contribution >= 4 is 11.6 Å². The van der Waals surface area contributed by atoms with Gasteiger partial charge in [-0.3, -0.25) is 4.99 Å². The summed E-state index contributed by atoms with van der Waals surface area (Å²) < 4.78 is 0. The van der Waals surface area contributed by atoms with E-state index in [1.54, 1.807) is 7.05 Å². The summed E-state index contributed by atoms with van der Waals surface area (Å²) in [4.78, 5) is 14.6. The van der Waals surface area contributed by atoms with Gasteiger partial charge in [0.1, 0.15) is 5.82 Å². The number of nitrogens with zero attached hydrogens (tertiary/aromatic N) is 3. The number of hydrogen-bond donors (Lipinski definition) is 3. The highest BCUT2D eigenvalue weighted by molar-refractivity contribution is 5.80. The molecule has 28 heavy (non-hydrogen) atoms. The van der Waals surface area contributed by atoms with Gasteiger partial charge in [-0.1, -0.05) is 48.5 Å². The van der Waals surface area contributed by atoms with E-state index >= 15 is 0 Å². The summed E-state index contributed by atoms with van der Waals surface area (Å²) in [5.41, 5.74) is 3.43. The zero-order chi connectivity index (χ0) is 19.2. The zero-order valence-electron chi connectivity index (χ0n) is 16.1. The van der Waals surface area contributed by atoms with Crippen molar-refractivity contribution in [3.8, 4) is 11.3 Å². The van der Waals surface area contributed by atoms with E-state index in [4.69, 9.17) is 0 Å². The summed E-state index contributed by atoms with van der Waals surface area (Å²) in [7, 11) is 1.80. The molecule has 2 heterocycles. The standard InChI is InChI=1S/C22H26N6/c1-23-22(26-18-12-13-28(16-18)19-10-6-3-7-11-19)25-15-21-24-14-20(27-21)17-8-4-2-5-9-17/h2-11,14,18H,12-13,15-16H2,1H3,(H,24,27)(H2,23,25,26). The second-order valence-electron chi connectivity index (χ2n) is 6.95. The fraction of sp³-hybridized carbons (Fsp3) is 0.273. The smallest absolute Gasteiger partial charge is 0.191 e. The number of nitrogens with one attached hydrogen (secondary N) is 3. The number of aliphatic imine (C=N–C) groups is 1. The van der Waals surface area contributed by atoms with Crippen LogP contribution in [0.4, 0.5) is 5.69 Å². The maximum Gasteiger partial charge on any atom is 0.191 e. The van der Waals surface area contributed by atoms with Crippen LogP contribution in [0.2, 0.25) is 0 Å². The number of H-pyrrole nitrogens is 1. The largest absolute Gasteiger partial charge is 0.369 e. The predicted molar refractivity (Wildman–Crippen MR) is 114 cm³/mol. The van der Waals surface area contributed by atoms with E-state index < -0.39 is 0 Å². The Labute approximate surface area is 165 Å². The zero-order valence-corrected chi connectivity index (χ0v) is 16.1. The van der Waals surface area contributed by atoms with Crippen LogP contribution in [0, 0.1) is 0 Å². The monoisotopic (exact) mass is 374 g/mol. The molecule has 3 aromatic rings. The topological polar surface area (TPSA) is 68.3 Å². The number of aromatic nitrogens is 2. The first kappa shape index (κ1) is 18.1. The summed E-state index contributed by atoms with van der Waals surface area (Å²) >= 11 is 0. The minimum atomic E-state index is 0.378. The Morgan fingerprint density at radius 1 is 1.14 bits per heavy atom. The van der Waals surface area contributed by atoms with Gasteiger partial charge in [0, 0.05) is 31.9 Å². The molecule has 0 amide bonds. The molecule has 1 atom stereocenters. The summed E-state index contributed by atoms with van der Waals surface area (Å²) in [6.45, 7) is 2.63. The van der Waals surface area contributed by atoms with Crippen LogP contribution in [0.15, 0.2) is 71.9 Å². The molecule has 0 saturated carbocycles. The van der Waals surface area contributed by atoms with Gasteiger partial charge >= 0.3 is 0 Å². The molecule has 6 nitrogen and oxygen atoms in total. The molecule has 1 fully saturated rings. The second kappa shape index (κ2) is 8.61. The van der Waals surface area contributed by atoms with Crippen molar-refractivity contribution in [2.24, 2.45) is 4.99 Å². The van der Waals surface area contributed by atoms with Gasteiger partial charge < -0.3 is 20.5 Å². The predicted octanol–water partition coefficient (Wildman–Crippen LogP) is 3.02. The van der Waals surface area contributed by atoms with Crippen LogP contribution in [0.5, 0.6) is 0 Å². The Morgan fingerprint density at radius 3 is 2.64 bits per heavy atom. The molecule has 1 aromatic heterocycles. The molecular formula is C22H26N6. The molecule has 144 valence electrons. The average molecular weight is 374 g/mol. The van der Waals surface area contributed by atoms with Crippen LogP contribution < -0.4 is 15.5 Å². The average Bonchev–Trinajstić information content (AvgIpc) is 3.42. The Hall–Kier alpha value is -3.28. The van der Waals surface area contributed by atoms with E-state index in [0.29, 0.717) is 12.6 Å². The number of anilines is 1. The first-order valence-electron chi connectivity index (χ1n) is 9.68. The Bertz CT molecular complexity index is 903. The molecule has 2 aromatic carbocycles. The highest BCUT2D eigenvalue weighted by atomic mass is 15.2. The third-order valence-electron chi connectivity index (χ3n) is 5.01. The highest BCUT2D eigenvalue weighted by Crippen LogP contribution is 2.19. The van der Waals surface area contributed by atoms with Crippen molar-refractivity contribution in [1.82, 2.24) is 20.6 Å². The van der Waals surface area contributed by atoms with E-state index in [1.165, 1.54) is 5.69 Å². The van der Waals surface area contributed by atoms with Gasteiger partial charge in [-0.2, -0.15) is 0 Å². The van der Waals surface area contributed by atoms with Crippen molar-refractivity contribution in [2.75, 3.05) is 25.0 Å². The lowest BCUT2D eigenvalue weighted by atomic mass is 10.2. The normalized spacial score (nSPS) is 17.0. The number of aromatic amines is 1. The van der Waals surface area contributed by atoms with Gasteiger partial charge in [-0.15, -0.1) is 0 Å². The molecule has 6 heteroatoms. The van der Waals surface area contributed by atoms with Gasteiger partial charge in [0.2, 0.25) is 0 Å². The fourth-order valence-corrected chi connectivity index (χ4v) is 3.52. The van der Waals surface area contributed by atoms with Crippen molar-refractivity contribution in [2.45, 2.75) is 19.0 Å². The number of rotatable bonds is 5. The fourth-order valence-electron chi connectivity index (χ4n) is 3.52. The van der Waals surface area contributed by atoms with E-state index in [0.717, 1.165) is 42.6 Å². The number of hydrogen-bond acceptors (Lipinski definition) is 3. The van der Waals surface area contributed by atoms with E-state index in [1.807, 2.05) is 24.4 Å². The lowest BCUT2D eigenvalue weighted by molar-refractivity contribution is 0.646. The minimum absolute atomic E-state index is 0.378. The highest BCUT2D eigenvalue weighted by Gasteiger charge is 2.23. The van der Waals surface area contributed by atoms with Crippen LogP contribution in [0.3, 0.4) is 0 Å². The minimum Gasteiger partial charge on any atom is -0.369 e. The quantitative estimate of drug-likeness (QED) is 0.474. The SMILES string of the molecule is CN=C(NCc1ncc(-c2ccccc2)[nH]1)NC1CCN(c2ccccc2)C1. The number of imidazole rings is 1. The number of benzene rings is 2. The van der Waals surface area contributed by atoms with Crippen LogP contribution in [-0.4, -0.2) is 42.1 Å². The van der Waals surface area contributed by atoms with Gasteiger partial charge in [0.05, 0.1) is 18.4 Å². The molecule has 0 bridgehead atoms. The maximum absolute atomic E-state index is 4.47. The molecule has 0 spiro atoms. The van der Waals surface area contributed by atoms with Crippen LogP contribution in [0.25, 0.3) is 11.3 Å². The van der Waals surface area contributed by atoms with Crippen molar-refractivity contribution in [3.05, 3.63) is 72.7 Å². The third kappa shape index (κ3) is 4.34. The first-order valence-corrected chi connectivity index (χ1v) is 9.68. The van der Waals surface area contributed by atoms with Crippen molar-refractivity contribution < 1.29 is 0 Å². The molecule has 1 aliphatic rings. The molecule has 1 unspecified atom stereocenters. The van der Waals surface area contributed by atoms with Gasteiger partial charge in [-0.05, 0) is 24.1 Å². The van der Waals surface area contributed by atoms with Gasteiger partial charge in [0.15, 0.2) is 5.96 Å². The third-order valence-corrected chi connectivity index (χ3v) is 5.01. The molecule has 1 saturated heterocycles. The van der Waals surface area contributed by atoms with E-state index in [-0.39, 0.29) is 0 Å². The summed E-state index contributed by atoms with van der Waals surface area (Å²) in [5.74, 6) is 1.69. The van der Waals surface area contributed by atoms with E-state index in [9.17, 15) is 0 Å². The number of guanidine groups is 1. The second-order valence-corrected chi connectivity index (χ2v) is 6.95. The summed E-state index contributed by atoms with van der Waals surface area (Å²) in [5, 5.41) is 6.89. The Morgan fingerprint density at radius 2 is 1.89 bits per heavy atom. The Kier molecular flexibility index (Phi) is 5.56. The molecule has 0 radical (unpaired) electrons. The first-order chi connectivity index (χ1) is 13.8. The van der Waals surface area contributed by atoms with Crippen molar-refractivity contribution in [3.63, 3.8) is 0 Å². The lowest BCUT2D eigenvalue weighted by Gasteiger charge is -2.20. The lowest BCUT2D eigenvalue weighted by Crippen LogP contribution is -2.44. The Balaban J connectivity index is 1.29. The molecule has 4 rings (SSSR count). The molecule has 3 N–H and O–H groups in total. The maximum atomic E-state index is 4.47. The summed E-state index contributed by atoms with van der Waals surface area (Å²) in [6.07, 6.45) is 2.96.